The minimum Gasteiger partial charge on any atom is -0.514 e. The summed E-state index contributed by atoms with van der Waals surface area (Å²) in [5, 5.41) is 0. The van der Waals surface area contributed by atoms with E-state index in [1.54, 1.807) is 6.92 Å². The fourth-order valence-electron chi connectivity index (χ4n) is 2.44. The number of rotatable bonds is 2. The second-order valence-electron chi connectivity index (χ2n) is 5.43. The summed E-state index contributed by atoms with van der Waals surface area (Å²) in [5.74, 6) is -0.347. The van der Waals surface area contributed by atoms with E-state index in [1.165, 1.54) is 0 Å². The molecule has 3 aromatic carbocycles. The summed E-state index contributed by atoms with van der Waals surface area (Å²) < 4.78 is 11.1. The van der Waals surface area contributed by atoms with Crippen LogP contribution in [-0.4, -0.2) is 13.1 Å². The predicted molar refractivity (Wildman–Crippen MR) is 90.4 cm³/mol. The van der Waals surface area contributed by atoms with Crippen molar-refractivity contribution in [3.05, 3.63) is 90.5 Å². The Labute approximate surface area is 152 Å². The normalized spacial score (nSPS) is 19.0. The smallest absolute Gasteiger partial charge is 0.478 e. The third kappa shape index (κ3) is 3.88. The van der Waals surface area contributed by atoms with Crippen molar-refractivity contribution in [3.63, 3.8) is 0 Å². The molecule has 0 aliphatic carbocycles. The maximum atomic E-state index is 12.1. The first kappa shape index (κ1) is 18.3. The first-order valence-corrected chi connectivity index (χ1v) is 7.53. The average molecular weight is 360 g/mol. The summed E-state index contributed by atoms with van der Waals surface area (Å²) in [6.07, 6.45) is 0. The fourth-order valence-corrected chi connectivity index (χ4v) is 2.44. The van der Waals surface area contributed by atoms with Crippen molar-refractivity contribution < 1.29 is 31.2 Å². The van der Waals surface area contributed by atoms with Crippen molar-refractivity contribution in [1.29, 1.82) is 0 Å². The Hall–Kier alpha value is -2.07. The van der Waals surface area contributed by atoms with E-state index >= 15 is 0 Å². The first-order chi connectivity index (χ1) is 11.2. The number of carbonyl (C=O) groups excluding carboxylic acids is 1. The molecule has 1 aliphatic heterocycles. The van der Waals surface area contributed by atoms with Gasteiger partial charge < -0.3 is 9.31 Å². The van der Waals surface area contributed by atoms with E-state index < -0.39 is 12.7 Å². The van der Waals surface area contributed by atoms with Gasteiger partial charge in [0.25, 0.3) is 0 Å². The van der Waals surface area contributed by atoms with E-state index in [1.807, 2.05) is 84.9 Å². The van der Waals surface area contributed by atoms with Gasteiger partial charge in [-0.15, -0.1) is 5.46 Å². The molecule has 1 saturated heterocycles. The van der Waals surface area contributed by atoms with Crippen LogP contribution in [0.4, 0.5) is 0 Å². The summed E-state index contributed by atoms with van der Waals surface area (Å²) in [6, 6.07) is 27.0. The average Bonchev–Trinajstić information content (AvgIpc) is 3.33. The van der Waals surface area contributed by atoms with E-state index in [-0.39, 0.29) is 23.0 Å². The maximum absolute atomic E-state index is 12.1. The molecule has 0 spiro atoms. The zero-order chi connectivity index (χ0) is 16.1. The monoisotopic (exact) mass is 360 g/mol. The first-order valence-electron chi connectivity index (χ1n) is 7.53. The number of carbonyl (C=O) groups is 1. The largest absolute Gasteiger partial charge is 0.514 e. The molecule has 24 heavy (non-hydrogen) atoms. The predicted octanol–water partition coefficient (Wildman–Crippen LogP) is 2.99. The zero-order valence-corrected chi connectivity index (χ0v) is 14.3. The molecule has 3 nitrogen and oxygen atoms in total. The molecule has 1 aliphatic rings. The summed E-state index contributed by atoms with van der Waals surface area (Å²) in [7, 11) is -0.613. The maximum Gasteiger partial charge on any atom is 0.478 e. The number of hydrogen-bond donors (Lipinski definition) is 0. The van der Waals surface area contributed by atoms with Gasteiger partial charge in [-0.25, -0.2) is 18.2 Å². The van der Waals surface area contributed by atoms with Crippen molar-refractivity contribution in [1.82, 2.24) is 0 Å². The Balaban J connectivity index is 0.000000300. The zero-order valence-electron chi connectivity index (χ0n) is 13.2. The minimum absolute atomic E-state index is 0. The third-order valence-electron chi connectivity index (χ3n) is 3.79. The van der Waals surface area contributed by atoms with Gasteiger partial charge >= 0.3 is 13.1 Å². The van der Waals surface area contributed by atoms with E-state index in [0.29, 0.717) is 0 Å². The molecular weight excluding hydrogens is 343 g/mol. The van der Waals surface area contributed by atoms with Crippen LogP contribution in [0.3, 0.4) is 0 Å². The quantitative estimate of drug-likeness (QED) is 0.521. The van der Waals surface area contributed by atoms with Crippen molar-refractivity contribution in [2.45, 2.75) is 12.5 Å². The Bertz CT molecular complexity index is 708. The fraction of sp³-hybridized carbons (Fsp3) is 0.105. The van der Waals surface area contributed by atoms with Gasteiger partial charge in [-0.2, -0.15) is 36.4 Å². The molecule has 1 atom stereocenters. The molecule has 0 amide bonds. The van der Waals surface area contributed by atoms with Crippen LogP contribution in [0.25, 0.3) is 0 Å². The van der Waals surface area contributed by atoms with Crippen LogP contribution in [-0.2, 0) is 36.8 Å². The van der Waals surface area contributed by atoms with Gasteiger partial charge in [0, 0.05) is 17.1 Å². The molecule has 124 valence electrons. The van der Waals surface area contributed by atoms with Gasteiger partial charge in [0.15, 0.2) is 5.60 Å². The van der Waals surface area contributed by atoms with Crippen LogP contribution in [0.15, 0.2) is 84.9 Å². The minimum atomic E-state index is -1.02. The summed E-state index contributed by atoms with van der Waals surface area (Å²) >= 11 is 0. The molecule has 0 bridgehead atoms. The van der Waals surface area contributed by atoms with E-state index in [2.05, 4.69) is 0 Å². The van der Waals surface area contributed by atoms with Gasteiger partial charge in [-0.05, 0) is 12.5 Å². The molecule has 4 rings (SSSR count). The third-order valence-corrected chi connectivity index (χ3v) is 3.79. The van der Waals surface area contributed by atoms with Crippen LogP contribution < -0.4 is 5.46 Å². The standard InChI is InChI=1S/C14H12BO3.C5H5.Fe/c1-14(11-7-3-2-4-8-11)13(16)17-15(18-14)12-9-5-6-10-12;1-2-4-5-3-1;/h2-10H,1H3;1-5H;/q2*-1;. The molecule has 5 heteroatoms. The van der Waals surface area contributed by atoms with Gasteiger partial charge in [0.05, 0.1) is 0 Å². The van der Waals surface area contributed by atoms with Gasteiger partial charge in [-0.3, -0.25) is 4.79 Å². The molecule has 1 unspecified atom stereocenters. The molecule has 0 N–H and O–H groups in total. The van der Waals surface area contributed by atoms with E-state index in [4.69, 9.17) is 9.31 Å². The Kier molecular flexibility index (Phi) is 6.21. The molecule has 1 heterocycles. The Morgan fingerprint density at radius 3 is 2.21 bits per heavy atom. The van der Waals surface area contributed by atoms with Crippen LogP contribution in [0, 0.1) is 0 Å². The molecular formula is C19H17BFeO3-2. The van der Waals surface area contributed by atoms with Gasteiger partial charge in [0.2, 0.25) is 0 Å². The van der Waals surface area contributed by atoms with Crippen molar-refractivity contribution in [3.8, 4) is 0 Å². The van der Waals surface area contributed by atoms with Gasteiger partial charge in [0.1, 0.15) is 0 Å². The summed E-state index contributed by atoms with van der Waals surface area (Å²) in [4.78, 5) is 12.1. The second-order valence-corrected chi connectivity index (χ2v) is 5.43. The Morgan fingerprint density at radius 1 is 0.958 bits per heavy atom. The van der Waals surface area contributed by atoms with Crippen molar-refractivity contribution in [2.75, 3.05) is 0 Å². The van der Waals surface area contributed by atoms with Crippen molar-refractivity contribution >= 4 is 18.6 Å². The van der Waals surface area contributed by atoms with E-state index in [9.17, 15) is 4.79 Å². The molecule has 0 aromatic heterocycles. The van der Waals surface area contributed by atoms with Crippen LogP contribution in [0.1, 0.15) is 12.5 Å². The van der Waals surface area contributed by atoms with Crippen LogP contribution >= 0.6 is 0 Å². The number of benzene rings is 1. The second kappa shape index (κ2) is 8.16. The SMILES string of the molecule is CC1(c2ccccc2)OB(c2cc[cH-]c2)OC1=O.[Fe].c1cc[cH-]c1. The van der Waals surface area contributed by atoms with Gasteiger partial charge in [-0.1, -0.05) is 30.3 Å². The topological polar surface area (TPSA) is 35.5 Å². The van der Waals surface area contributed by atoms with Crippen molar-refractivity contribution in [2.24, 2.45) is 0 Å². The molecule has 3 aromatic rings. The molecule has 0 saturated carbocycles. The van der Waals surface area contributed by atoms with E-state index in [0.717, 1.165) is 11.0 Å². The Morgan fingerprint density at radius 2 is 1.67 bits per heavy atom. The molecule has 0 radical (unpaired) electrons. The summed E-state index contributed by atoms with van der Waals surface area (Å²) in [6.45, 7) is 1.74. The molecule has 1 fully saturated rings. The van der Waals surface area contributed by atoms with Crippen LogP contribution in [0.5, 0.6) is 0 Å². The number of hydrogen-bond acceptors (Lipinski definition) is 3. The summed E-state index contributed by atoms with van der Waals surface area (Å²) in [5.41, 5.74) is 0.649. The van der Waals surface area contributed by atoms with Crippen LogP contribution in [0.2, 0.25) is 0 Å².